The fraction of sp³-hybridized carbons (Fsp3) is 0.478. The van der Waals surface area contributed by atoms with E-state index in [4.69, 9.17) is 4.52 Å². The summed E-state index contributed by atoms with van der Waals surface area (Å²) >= 11 is 0. The van der Waals surface area contributed by atoms with Gasteiger partial charge < -0.3 is 9.09 Å². The molecule has 3 aromatic rings. The largest absolute Gasteiger partial charge is 0.339 e. The van der Waals surface area contributed by atoms with Gasteiger partial charge in [-0.05, 0) is 36.0 Å². The van der Waals surface area contributed by atoms with Gasteiger partial charge in [0.1, 0.15) is 0 Å². The predicted octanol–water partition coefficient (Wildman–Crippen LogP) is 3.11. The number of piperidine rings is 1. The predicted molar refractivity (Wildman–Crippen MR) is 113 cm³/mol. The molecule has 5 rings (SSSR count). The van der Waals surface area contributed by atoms with Crippen LogP contribution in [0.1, 0.15) is 43.6 Å². The van der Waals surface area contributed by atoms with Gasteiger partial charge in [-0.1, -0.05) is 25.1 Å². The van der Waals surface area contributed by atoms with Gasteiger partial charge >= 0.3 is 0 Å². The van der Waals surface area contributed by atoms with E-state index < -0.39 is 0 Å². The third-order valence-corrected chi connectivity index (χ3v) is 6.08. The van der Waals surface area contributed by atoms with E-state index in [1.54, 1.807) is 12.3 Å². The van der Waals surface area contributed by atoms with Crippen molar-refractivity contribution in [1.82, 2.24) is 24.6 Å². The number of pyridine rings is 2. The van der Waals surface area contributed by atoms with E-state index >= 15 is 0 Å². The molecule has 2 aliphatic rings. The van der Waals surface area contributed by atoms with Crippen LogP contribution in [0.25, 0.3) is 11.1 Å². The summed E-state index contributed by atoms with van der Waals surface area (Å²) in [7, 11) is 0. The van der Waals surface area contributed by atoms with Gasteiger partial charge in [-0.25, -0.2) is 0 Å². The maximum atomic E-state index is 12.8. The minimum absolute atomic E-state index is 0.0889. The second-order valence-corrected chi connectivity index (χ2v) is 9.05. The van der Waals surface area contributed by atoms with E-state index in [9.17, 15) is 4.79 Å². The quantitative estimate of drug-likeness (QED) is 0.649. The molecule has 2 bridgehead atoms. The first-order valence-electron chi connectivity index (χ1n) is 10.7. The van der Waals surface area contributed by atoms with Crippen LogP contribution in [0.5, 0.6) is 0 Å². The molecule has 0 radical (unpaired) electrons. The highest BCUT2D eigenvalue weighted by atomic mass is 16.5. The minimum Gasteiger partial charge on any atom is -0.339 e. The van der Waals surface area contributed by atoms with Crippen LogP contribution in [0.2, 0.25) is 0 Å². The number of hydrogen-bond donors (Lipinski definition) is 0. The molecule has 0 saturated carbocycles. The summed E-state index contributed by atoms with van der Waals surface area (Å²) in [6.07, 6.45) is 5.50. The zero-order chi connectivity index (χ0) is 20.7. The summed E-state index contributed by atoms with van der Waals surface area (Å²) < 4.78 is 7.39. The zero-order valence-electron chi connectivity index (χ0n) is 17.5. The van der Waals surface area contributed by atoms with E-state index in [-0.39, 0.29) is 5.56 Å². The molecule has 5 heterocycles. The molecule has 2 aliphatic heterocycles. The van der Waals surface area contributed by atoms with Gasteiger partial charge in [-0.2, -0.15) is 4.98 Å². The van der Waals surface area contributed by atoms with Crippen LogP contribution in [0, 0.1) is 11.8 Å². The number of rotatable bonds is 5. The molecule has 3 aromatic heterocycles. The average Bonchev–Trinajstić information content (AvgIpc) is 3.15. The second kappa shape index (κ2) is 7.80. The van der Waals surface area contributed by atoms with Gasteiger partial charge in [-0.3, -0.25) is 14.7 Å². The summed E-state index contributed by atoms with van der Waals surface area (Å²) in [4.78, 5) is 24.0. The monoisotopic (exact) mass is 405 g/mol. The summed E-state index contributed by atoms with van der Waals surface area (Å²) in [5, 5.41) is 4.18. The van der Waals surface area contributed by atoms with Crippen molar-refractivity contribution in [3.63, 3.8) is 0 Å². The zero-order valence-corrected chi connectivity index (χ0v) is 17.5. The van der Waals surface area contributed by atoms with Crippen LogP contribution in [0.3, 0.4) is 0 Å². The van der Waals surface area contributed by atoms with Gasteiger partial charge in [0.2, 0.25) is 5.89 Å². The Morgan fingerprint density at radius 1 is 1.20 bits per heavy atom. The Morgan fingerprint density at radius 2 is 2.10 bits per heavy atom. The number of hydrogen-bond acceptors (Lipinski definition) is 6. The number of fused-ring (bicyclic) bond motifs is 4. The molecule has 0 amide bonds. The fourth-order valence-corrected chi connectivity index (χ4v) is 4.87. The van der Waals surface area contributed by atoms with E-state index in [1.165, 1.54) is 0 Å². The Balaban J connectivity index is 1.38. The SMILES string of the molecule is CC(C)Cc1nc(CN2C[C@@H]3C[C@H](C2)c2cc(-c4cccnc4)cc(=O)n2C3)no1. The van der Waals surface area contributed by atoms with Crippen molar-refractivity contribution in [2.24, 2.45) is 11.8 Å². The molecule has 7 nitrogen and oxygen atoms in total. The van der Waals surface area contributed by atoms with Crippen molar-refractivity contribution in [3.05, 3.63) is 64.4 Å². The molecule has 1 fully saturated rings. The molecule has 0 N–H and O–H groups in total. The number of nitrogens with zero attached hydrogens (tertiary/aromatic N) is 5. The van der Waals surface area contributed by atoms with Crippen LogP contribution in [-0.2, 0) is 19.5 Å². The maximum absolute atomic E-state index is 12.8. The summed E-state index contributed by atoms with van der Waals surface area (Å²) in [6, 6.07) is 7.83. The van der Waals surface area contributed by atoms with Crippen molar-refractivity contribution in [2.45, 2.75) is 45.7 Å². The minimum atomic E-state index is 0.0889. The van der Waals surface area contributed by atoms with E-state index in [1.807, 2.05) is 22.9 Å². The van der Waals surface area contributed by atoms with Crippen molar-refractivity contribution in [3.8, 4) is 11.1 Å². The third kappa shape index (κ3) is 3.81. The normalized spacial score (nSPS) is 21.0. The molecule has 0 aromatic carbocycles. The highest BCUT2D eigenvalue weighted by molar-refractivity contribution is 5.62. The lowest BCUT2D eigenvalue weighted by molar-refractivity contribution is 0.111. The highest BCUT2D eigenvalue weighted by Gasteiger charge is 2.35. The van der Waals surface area contributed by atoms with Gasteiger partial charge in [-0.15, -0.1) is 0 Å². The molecule has 0 aliphatic carbocycles. The van der Waals surface area contributed by atoms with Crippen LogP contribution in [0.15, 0.2) is 46.0 Å². The third-order valence-electron chi connectivity index (χ3n) is 6.08. The Labute approximate surface area is 175 Å². The van der Waals surface area contributed by atoms with Crippen molar-refractivity contribution >= 4 is 0 Å². The number of likely N-dealkylation sites (tertiary alicyclic amines) is 1. The molecule has 156 valence electrons. The Hall–Kier alpha value is -2.80. The Kier molecular flexibility index (Phi) is 4.98. The van der Waals surface area contributed by atoms with Gasteiger partial charge in [0.15, 0.2) is 5.82 Å². The van der Waals surface area contributed by atoms with E-state index in [0.29, 0.717) is 24.3 Å². The van der Waals surface area contributed by atoms with E-state index in [0.717, 1.165) is 61.0 Å². The Morgan fingerprint density at radius 3 is 2.90 bits per heavy atom. The molecule has 0 spiro atoms. The van der Waals surface area contributed by atoms with Crippen molar-refractivity contribution in [1.29, 1.82) is 0 Å². The molecule has 2 atom stereocenters. The first-order chi connectivity index (χ1) is 14.5. The first-order valence-corrected chi connectivity index (χ1v) is 10.7. The Bertz CT molecular complexity index is 1090. The van der Waals surface area contributed by atoms with Crippen LogP contribution >= 0.6 is 0 Å². The van der Waals surface area contributed by atoms with E-state index in [2.05, 4.69) is 39.9 Å². The lowest BCUT2D eigenvalue weighted by Crippen LogP contribution is -2.46. The lowest BCUT2D eigenvalue weighted by Gasteiger charge is -2.42. The van der Waals surface area contributed by atoms with Gasteiger partial charge in [0.05, 0.1) is 6.54 Å². The summed E-state index contributed by atoms with van der Waals surface area (Å²) in [6.45, 7) is 7.63. The second-order valence-electron chi connectivity index (χ2n) is 9.05. The van der Waals surface area contributed by atoms with Gasteiger partial charge in [0.25, 0.3) is 5.56 Å². The molecule has 7 heteroatoms. The van der Waals surface area contributed by atoms with Crippen LogP contribution < -0.4 is 5.56 Å². The maximum Gasteiger partial charge on any atom is 0.251 e. The highest BCUT2D eigenvalue weighted by Crippen LogP contribution is 2.36. The molecule has 30 heavy (non-hydrogen) atoms. The standard InChI is InChI=1S/C23H27N5O2/c1-15(2)6-22-25-21(26-30-22)14-27-11-16-7-19(13-27)20-8-18(9-23(29)28(20)12-16)17-4-3-5-24-10-17/h3-5,8-10,15-16,19H,6-7,11-14H2,1-2H3/t16-,19+/m0/s1. The van der Waals surface area contributed by atoms with Crippen LogP contribution in [0.4, 0.5) is 0 Å². The fourth-order valence-electron chi connectivity index (χ4n) is 4.87. The molecule has 1 saturated heterocycles. The summed E-state index contributed by atoms with van der Waals surface area (Å²) in [5.41, 5.74) is 3.16. The topological polar surface area (TPSA) is 77.1 Å². The van der Waals surface area contributed by atoms with Crippen molar-refractivity contribution in [2.75, 3.05) is 13.1 Å². The molecular weight excluding hydrogens is 378 g/mol. The van der Waals surface area contributed by atoms with Crippen LogP contribution in [-0.4, -0.2) is 37.7 Å². The molecule has 0 unspecified atom stereocenters. The van der Waals surface area contributed by atoms with Gasteiger partial charge in [0, 0.05) is 61.7 Å². The summed E-state index contributed by atoms with van der Waals surface area (Å²) in [5.74, 6) is 2.78. The molecular formula is C23H27N5O2. The average molecular weight is 406 g/mol. The first kappa shape index (κ1) is 19.2. The van der Waals surface area contributed by atoms with Crippen molar-refractivity contribution < 1.29 is 4.52 Å². The lowest BCUT2D eigenvalue weighted by atomic mass is 9.82. The smallest absolute Gasteiger partial charge is 0.251 e. The number of aromatic nitrogens is 4.